The van der Waals surface area contributed by atoms with Crippen molar-refractivity contribution in [2.24, 2.45) is 0 Å². The van der Waals surface area contributed by atoms with Gasteiger partial charge in [0.2, 0.25) is 0 Å². The third kappa shape index (κ3) is 2.19. The molecule has 3 heterocycles. The average molecular weight is 272 g/mol. The zero-order chi connectivity index (χ0) is 14.0. The van der Waals surface area contributed by atoms with E-state index in [1.54, 1.807) is 6.20 Å². The Morgan fingerprint density at radius 1 is 1.55 bits per heavy atom. The lowest BCUT2D eigenvalue weighted by Crippen LogP contribution is -2.44. The number of carbonyl (C=O) groups excluding carboxylic acids is 1. The summed E-state index contributed by atoms with van der Waals surface area (Å²) in [7, 11) is 0. The molecular formula is C16H20N2O2. The number of hydrogen-bond donors (Lipinski definition) is 0. The van der Waals surface area contributed by atoms with Gasteiger partial charge in [0.1, 0.15) is 0 Å². The number of fused-ring (bicyclic) bond motifs is 2. The molecule has 1 amide bonds. The highest BCUT2D eigenvalue weighted by Gasteiger charge is 2.53. The Labute approximate surface area is 119 Å². The summed E-state index contributed by atoms with van der Waals surface area (Å²) in [6, 6.07) is 4.30. The Kier molecular flexibility index (Phi) is 3.47. The topological polar surface area (TPSA) is 42.4 Å². The van der Waals surface area contributed by atoms with Crippen LogP contribution in [0.3, 0.4) is 0 Å². The Balaban J connectivity index is 1.82. The van der Waals surface area contributed by atoms with E-state index in [2.05, 4.69) is 17.1 Å². The highest BCUT2D eigenvalue weighted by molar-refractivity contribution is 5.71. The van der Waals surface area contributed by atoms with Crippen molar-refractivity contribution < 1.29 is 9.53 Å². The molecule has 0 aromatic carbocycles. The van der Waals surface area contributed by atoms with Crippen LogP contribution < -0.4 is 0 Å². The fraction of sp³-hybridized carbons (Fsp3) is 0.500. The third-order valence-electron chi connectivity index (χ3n) is 4.40. The van der Waals surface area contributed by atoms with Crippen LogP contribution in [-0.2, 0) is 4.74 Å². The quantitative estimate of drug-likeness (QED) is 0.848. The maximum absolute atomic E-state index is 12.2. The van der Waals surface area contributed by atoms with Crippen molar-refractivity contribution in [1.29, 1.82) is 0 Å². The van der Waals surface area contributed by atoms with Crippen LogP contribution in [0.2, 0.25) is 0 Å². The lowest BCUT2D eigenvalue weighted by molar-refractivity contribution is 0.0894. The number of aromatic nitrogens is 1. The van der Waals surface area contributed by atoms with Crippen LogP contribution in [0.1, 0.15) is 38.2 Å². The molecule has 2 saturated heterocycles. The summed E-state index contributed by atoms with van der Waals surface area (Å²) in [6.07, 6.45) is 11.9. The summed E-state index contributed by atoms with van der Waals surface area (Å²) >= 11 is 0. The lowest BCUT2D eigenvalue weighted by atomic mass is 9.87. The summed E-state index contributed by atoms with van der Waals surface area (Å²) < 4.78 is 5.22. The van der Waals surface area contributed by atoms with Crippen LogP contribution in [0.4, 0.5) is 4.79 Å². The highest BCUT2D eigenvalue weighted by atomic mass is 16.6. The second-order valence-electron chi connectivity index (χ2n) is 5.52. The van der Waals surface area contributed by atoms with E-state index in [9.17, 15) is 4.79 Å². The van der Waals surface area contributed by atoms with E-state index in [4.69, 9.17) is 4.74 Å². The minimum Gasteiger partial charge on any atom is -0.450 e. The summed E-state index contributed by atoms with van der Waals surface area (Å²) in [6.45, 7) is 2.29. The Bertz CT molecular complexity index is 504. The molecule has 4 heteroatoms. The van der Waals surface area contributed by atoms with Gasteiger partial charge in [-0.1, -0.05) is 18.2 Å². The van der Waals surface area contributed by atoms with Gasteiger partial charge in [-0.2, -0.15) is 0 Å². The van der Waals surface area contributed by atoms with Crippen LogP contribution >= 0.6 is 0 Å². The Morgan fingerprint density at radius 2 is 2.35 bits per heavy atom. The predicted octanol–water partition coefficient (Wildman–Crippen LogP) is 3.25. The predicted molar refractivity (Wildman–Crippen MR) is 77.1 cm³/mol. The fourth-order valence-corrected chi connectivity index (χ4v) is 3.46. The molecular weight excluding hydrogens is 252 g/mol. The van der Waals surface area contributed by atoms with E-state index in [-0.39, 0.29) is 11.6 Å². The first-order chi connectivity index (χ1) is 9.75. The van der Waals surface area contributed by atoms with E-state index in [1.165, 1.54) is 0 Å². The zero-order valence-electron chi connectivity index (χ0n) is 11.8. The molecule has 3 rings (SSSR count). The monoisotopic (exact) mass is 272 g/mol. The van der Waals surface area contributed by atoms with Gasteiger partial charge in [0.15, 0.2) is 0 Å². The molecule has 2 aliphatic rings. The van der Waals surface area contributed by atoms with Crippen molar-refractivity contribution in [3.63, 3.8) is 0 Å². The zero-order valence-corrected chi connectivity index (χ0v) is 11.8. The van der Waals surface area contributed by atoms with Gasteiger partial charge in [-0.05, 0) is 44.2 Å². The van der Waals surface area contributed by atoms with E-state index >= 15 is 0 Å². The van der Waals surface area contributed by atoms with Crippen molar-refractivity contribution in [2.45, 2.75) is 44.2 Å². The molecule has 0 spiro atoms. The van der Waals surface area contributed by atoms with E-state index < -0.39 is 0 Å². The molecule has 0 saturated carbocycles. The molecule has 2 bridgehead atoms. The second-order valence-corrected chi connectivity index (χ2v) is 5.52. The van der Waals surface area contributed by atoms with Crippen LogP contribution in [0.25, 0.3) is 6.08 Å². The molecule has 0 atom stereocenters. The van der Waals surface area contributed by atoms with Crippen molar-refractivity contribution in [1.82, 2.24) is 9.88 Å². The lowest BCUT2D eigenvalue weighted by Gasteiger charge is -2.31. The number of carbonyl (C=O) groups is 1. The van der Waals surface area contributed by atoms with E-state index in [0.717, 1.165) is 31.2 Å². The van der Waals surface area contributed by atoms with Gasteiger partial charge >= 0.3 is 6.09 Å². The molecule has 106 valence electrons. The molecule has 2 aliphatic heterocycles. The maximum atomic E-state index is 12.2. The number of ether oxygens (including phenoxy) is 1. The molecule has 0 radical (unpaired) electrons. The Hall–Kier alpha value is -1.84. The smallest absolute Gasteiger partial charge is 0.410 e. The largest absolute Gasteiger partial charge is 0.450 e. The first-order valence-electron chi connectivity index (χ1n) is 7.30. The first kappa shape index (κ1) is 13.2. The van der Waals surface area contributed by atoms with Crippen LogP contribution in [0.15, 0.2) is 30.6 Å². The summed E-state index contributed by atoms with van der Waals surface area (Å²) in [5.41, 5.74) is 0.924. The van der Waals surface area contributed by atoms with Gasteiger partial charge in [-0.15, -0.1) is 0 Å². The molecule has 1 aromatic rings. The van der Waals surface area contributed by atoms with Gasteiger partial charge < -0.3 is 4.74 Å². The van der Waals surface area contributed by atoms with E-state index in [1.807, 2.05) is 30.2 Å². The minimum atomic E-state index is -0.164. The summed E-state index contributed by atoms with van der Waals surface area (Å²) in [4.78, 5) is 18.3. The molecule has 2 fully saturated rings. The Morgan fingerprint density at radius 3 is 3.00 bits per heavy atom. The number of pyridine rings is 1. The third-order valence-corrected chi connectivity index (χ3v) is 4.40. The summed E-state index contributed by atoms with van der Waals surface area (Å²) in [5.74, 6) is 0. The average Bonchev–Trinajstić information content (AvgIpc) is 3.02. The molecule has 1 aromatic heterocycles. The SMILES string of the molecule is CCOC(=O)N1C2CCC1(C=Cc1cccnc1)CC2. The number of hydrogen-bond acceptors (Lipinski definition) is 3. The van der Waals surface area contributed by atoms with Gasteiger partial charge in [-0.25, -0.2) is 4.79 Å². The molecule has 0 aliphatic carbocycles. The van der Waals surface area contributed by atoms with Crippen LogP contribution in [0, 0.1) is 0 Å². The van der Waals surface area contributed by atoms with Crippen molar-refractivity contribution >= 4 is 12.2 Å². The van der Waals surface area contributed by atoms with E-state index in [0.29, 0.717) is 12.6 Å². The highest BCUT2D eigenvalue weighted by Crippen LogP contribution is 2.47. The van der Waals surface area contributed by atoms with Crippen molar-refractivity contribution in [3.05, 3.63) is 36.2 Å². The van der Waals surface area contributed by atoms with Crippen molar-refractivity contribution in [3.8, 4) is 0 Å². The van der Waals surface area contributed by atoms with Crippen LogP contribution in [0.5, 0.6) is 0 Å². The van der Waals surface area contributed by atoms with Gasteiger partial charge in [0.25, 0.3) is 0 Å². The summed E-state index contributed by atoms with van der Waals surface area (Å²) in [5, 5.41) is 0. The first-order valence-corrected chi connectivity index (χ1v) is 7.30. The van der Waals surface area contributed by atoms with Gasteiger partial charge in [0, 0.05) is 18.4 Å². The molecule has 0 unspecified atom stereocenters. The standard InChI is InChI=1S/C16H20N2O2/c1-2-20-15(19)18-14-6-9-16(18,10-7-14)8-5-13-4-3-11-17-12-13/h3-5,8,11-12,14H,2,6-7,9-10H2,1H3. The fourth-order valence-electron chi connectivity index (χ4n) is 3.46. The molecule has 20 heavy (non-hydrogen) atoms. The number of nitrogens with zero attached hydrogens (tertiary/aromatic N) is 2. The van der Waals surface area contributed by atoms with Crippen LogP contribution in [-0.4, -0.2) is 34.2 Å². The van der Waals surface area contributed by atoms with Gasteiger partial charge in [0.05, 0.1) is 12.1 Å². The van der Waals surface area contributed by atoms with Gasteiger partial charge in [-0.3, -0.25) is 9.88 Å². The second kappa shape index (κ2) is 5.27. The number of rotatable bonds is 3. The van der Waals surface area contributed by atoms with Crippen molar-refractivity contribution in [2.75, 3.05) is 6.61 Å². The number of amides is 1. The molecule has 0 N–H and O–H groups in total. The minimum absolute atomic E-state index is 0.146. The normalized spacial score (nSPS) is 28.2. The molecule has 4 nitrogen and oxygen atoms in total. The maximum Gasteiger partial charge on any atom is 0.410 e.